The Morgan fingerprint density at radius 3 is 2.48 bits per heavy atom. The molecule has 3 aromatic heterocycles. The maximum atomic E-state index is 15.3. The molecule has 0 spiro atoms. The number of aromatic nitrogens is 4. The molecule has 0 aliphatic carbocycles. The van der Waals surface area contributed by atoms with Crippen LogP contribution in [0.4, 0.5) is 30.7 Å². The molecule has 1 aliphatic heterocycles. The molecule has 1 atom stereocenters. The number of amides is 1. The molecule has 0 bridgehead atoms. The third-order valence-electron chi connectivity index (χ3n) is 6.56. The van der Waals surface area contributed by atoms with E-state index in [0.717, 1.165) is 25.4 Å². The number of imidazole rings is 1. The fourth-order valence-electron chi connectivity index (χ4n) is 4.79. The summed E-state index contributed by atoms with van der Waals surface area (Å²) < 4.78 is 102. The number of hydrogen-bond donors (Lipinski definition) is 0. The van der Waals surface area contributed by atoms with E-state index in [2.05, 4.69) is 10.1 Å². The number of carbonyl (C=O) groups is 1. The summed E-state index contributed by atoms with van der Waals surface area (Å²) in [5, 5.41) is 2.77. The van der Waals surface area contributed by atoms with E-state index >= 15 is 4.39 Å². The van der Waals surface area contributed by atoms with Gasteiger partial charge in [-0.15, -0.1) is 5.10 Å². The molecule has 0 fully saturated rings. The van der Waals surface area contributed by atoms with Gasteiger partial charge in [0.1, 0.15) is 22.5 Å². The average Bonchev–Trinajstić information content (AvgIpc) is 3.37. The van der Waals surface area contributed by atoms with E-state index in [9.17, 15) is 31.1 Å². The Morgan fingerprint density at radius 2 is 1.85 bits per heavy atom. The fraction of sp³-hybridized carbons (Fsp3) is 0.320. The van der Waals surface area contributed by atoms with Gasteiger partial charge in [-0.1, -0.05) is 23.7 Å². The Morgan fingerprint density at radius 1 is 1.12 bits per heavy atom. The van der Waals surface area contributed by atoms with Crippen LogP contribution < -0.4 is 4.74 Å². The van der Waals surface area contributed by atoms with Crippen LogP contribution in [0.1, 0.15) is 39.8 Å². The largest absolute Gasteiger partial charge is 0.465 e. The Balaban J connectivity index is 1.54. The number of hydrogen-bond acceptors (Lipinski definition) is 4. The van der Waals surface area contributed by atoms with Crippen LogP contribution in [0.15, 0.2) is 36.5 Å². The van der Waals surface area contributed by atoms with Crippen LogP contribution >= 0.6 is 11.6 Å². The maximum Gasteiger partial charge on any atom is 0.434 e. The van der Waals surface area contributed by atoms with Gasteiger partial charge in [0.25, 0.3) is 11.8 Å². The number of ether oxygens (including phenoxy) is 1. The van der Waals surface area contributed by atoms with E-state index < -0.39 is 58.9 Å². The van der Waals surface area contributed by atoms with Crippen LogP contribution in [0, 0.1) is 12.7 Å². The first-order valence-corrected chi connectivity index (χ1v) is 12.1. The third kappa shape index (κ3) is 4.84. The topological polar surface area (TPSA) is 64.7 Å². The number of rotatable bonds is 4. The van der Waals surface area contributed by atoms with E-state index in [0.29, 0.717) is 15.9 Å². The van der Waals surface area contributed by atoms with Crippen molar-refractivity contribution in [3.8, 4) is 5.88 Å². The lowest BCUT2D eigenvalue weighted by molar-refractivity contribution is -0.143. The predicted molar refractivity (Wildman–Crippen MR) is 127 cm³/mol. The summed E-state index contributed by atoms with van der Waals surface area (Å²) in [6, 6.07) is 4.90. The van der Waals surface area contributed by atoms with Crippen LogP contribution in [-0.4, -0.2) is 43.1 Å². The van der Waals surface area contributed by atoms with Crippen LogP contribution in [-0.2, 0) is 30.6 Å². The first-order chi connectivity index (χ1) is 18.7. The summed E-state index contributed by atoms with van der Waals surface area (Å²) in [6.07, 6.45) is -8.16. The summed E-state index contributed by atoms with van der Waals surface area (Å²) in [5.41, 5.74) is -0.926. The number of nitrogens with zero attached hydrogens (tertiary/aromatic N) is 5. The van der Waals surface area contributed by atoms with Crippen molar-refractivity contribution in [1.82, 2.24) is 24.1 Å². The molecule has 1 amide bonds. The highest BCUT2D eigenvalue weighted by molar-refractivity contribution is 6.32. The molecule has 15 heteroatoms. The van der Waals surface area contributed by atoms with Gasteiger partial charge in [0.2, 0.25) is 0 Å². The van der Waals surface area contributed by atoms with Crippen molar-refractivity contribution >= 4 is 23.2 Å². The second kappa shape index (κ2) is 9.68. The van der Waals surface area contributed by atoms with Crippen LogP contribution in [0.2, 0.25) is 5.02 Å². The molecule has 0 radical (unpaired) electrons. The molecule has 5 rings (SSSR count). The normalized spacial score (nSPS) is 15.9. The van der Waals surface area contributed by atoms with Crippen molar-refractivity contribution in [2.75, 3.05) is 13.2 Å². The van der Waals surface area contributed by atoms with Crippen molar-refractivity contribution in [2.24, 2.45) is 7.05 Å². The van der Waals surface area contributed by atoms with Gasteiger partial charge in [-0.3, -0.25) is 9.48 Å². The van der Waals surface area contributed by atoms with E-state index in [1.165, 1.54) is 21.4 Å². The molecule has 1 unspecified atom stereocenters. The van der Waals surface area contributed by atoms with Crippen molar-refractivity contribution < 1.29 is 40.3 Å². The number of fused-ring (bicyclic) bond motifs is 3. The highest BCUT2D eigenvalue weighted by Gasteiger charge is 2.41. The molecular formula is C25H19ClF7N5O2. The first-order valence-electron chi connectivity index (χ1n) is 11.7. The molecule has 1 aliphatic rings. The molecule has 0 saturated carbocycles. The smallest absolute Gasteiger partial charge is 0.434 e. The number of halogens is 8. The van der Waals surface area contributed by atoms with Gasteiger partial charge >= 0.3 is 12.4 Å². The van der Waals surface area contributed by atoms with Crippen molar-refractivity contribution in [1.29, 1.82) is 0 Å². The highest BCUT2D eigenvalue weighted by Crippen LogP contribution is 2.40. The first kappa shape index (κ1) is 27.7. The van der Waals surface area contributed by atoms with Gasteiger partial charge in [-0.25, -0.2) is 9.37 Å². The lowest BCUT2D eigenvalue weighted by atomic mass is 9.94. The number of pyridine rings is 1. The SMILES string of the molecule is Cc1ccc(C2c3c(nc4cc(C(F)(F)F)ccn34)CCN2C(=O)COc2nn(C)c(C(F)(F)F)c2Cl)c(F)c1. The Hall–Kier alpha value is -3.81. The molecule has 7 nitrogen and oxygen atoms in total. The van der Waals surface area contributed by atoms with Gasteiger partial charge in [0.05, 0.1) is 17.0 Å². The standard InChI is InChI=1S/C25H19ClF7N5O2/c1-12-3-4-14(15(27)9-12)20-21-16(34-17-10-13(24(28,29)30)5-7-37(17)21)6-8-38(20)18(39)11-40-23-19(26)22(25(31,32)33)36(2)35-23/h3-5,7,9-10,20H,6,8,11H2,1-2H3. The average molecular weight is 590 g/mol. The van der Waals surface area contributed by atoms with Gasteiger partial charge in [0.15, 0.2) is 12.3 Å². The minimum Gasteiger partial charge on any atom is -0.465 e. The van der Waals surface area contributed by atoms with Crippen LogP contribution in [0.3, 0.4) is 0 Å². The summed E-state index contributed by atoms with van der Waals surface area (Å²) in [6.45, 7) is 0.851. The molecule has 4 aromatic rings. The molecule has 40 heavy (non-hydrogen) atoms. The number of carbonyl (C=O) groups excluding carboxylic acids is 1. The summed E-state index contributed by atoms with van der Waals surface area (Å²) in [7, 11) is 1.01. The van der Waals surface area contributed by atoms with E-state index in [4.69, 9.17) is 16.3 Å². The maximum absolute atomic E-state index is 15.3. The Kier molecular flexibility index (Phi) is 6.71. The van der Waals surface area contributed by atoms with Crippen LogP contribution in [0.5, 0.6) is 5.88 Å². The Bertz CT molecular complexity index is 1630. The van der Waals surface area contributed by atoms with Crippen LogP contribution in [0.25, 0.3) is 5.65 Å². The molecule has 0 saturated heterocycles. The van der Waals surface area contributed by atoms with Gasteiger partial charge in [-0.05, 0) is 30.7 Å². The van der Waals surface area contributed by atoms with Crippen molar-refractivity contribution in [3.05, 3.63) is 81.1 Å². The van der Waals surface area contributed by atoms with E-state index in [1.807, 2.05) is 0 Å². The lowest BCUT2D eigenvalue weighted by Gasteiger charge is -2.36. The summed E-state index contributed by atoms with van der Waals surface area (Å²) in [5.74, 6) is -2.02. The predicted octanol–water partition coefficient (Wildman–Crippen LogP) is 5.76. The minimum atomic E-state index is -4.82. The van der Waals surface area contributed by atoms with Gasteiger partial charge in [0, 0.05) is 31.8 Å². The van der Waals surface area contributed by atoms with Crippen molar-refractivity contribution in [2.45, 2.75) is 31.7 Å². The van der Waals surface area contributed by atoms with Crippen molar-refractivity contribution in [3.63, 3.8) is 0 Å². The summed E-state index contributed by atoms with van der Waals surface area (Å²) >= 11 is 5.81. The zero-order valence-corrected chi connectivity index (χ0v) is 21.5. The zero-order chi connectivity index (χ0) is 29.1. The number of aryl methyl sites for hydroxylation is 2. The summed E-state index contributed by atoms with van der Waals surface area (Å²) in [4.78, 5) is 18.9. The minimum absolute atomic E-state index is 0.0209. The molecule has 212 valence electrons. The Labute approximate surface area is 226 Å². The van der Waals surface area contributed by atoms with E-state index in [-0.39, 0.29) is 29.9 Å². The van der Waals surface area contributed by atoms with Gasteiger partial charge < -0.3 is 14.0 Å². The zero-order valence-electron chi connectivity index (χ0n) is 20.7. The number of benzene rings is 1. The highest BCUT2D eigenvalue weighted by atomic mass is 35.5. The fourth-order valence-corrected chi connectivity index (χ4v) is 5.11. The third-order valence-corrected chi connectivity index (χ3v) is 6.90. The molecule has 4 heterocycles. The molecule has 1 aromatic carbocycles. The molecule has 0 N–H and O–H groups in total. The molecular weight excluding hydrogens is 571 g/mol. The van der Waals surface area contributed by atoms with E-state index in [1.54, 1.807) is 13.0 Å². The second-order valence-electron chi connectivity index (χ2n) is 9.23. The monoisotopic (exact) mass is 589 g/mol. The lowest BCUT2D eigenvalue weighted by Crippen LogP contribution is -2.43. The van der Waals surface area contributed by atoms with Gasteiger partial charge in [-0.2, -0.15) is 26.3 Å². The second-order valence-corrected chi connectivity index (χ2v) is 9.61. The number of alkyl halides is 6. The quantitative estimate of drug-likeness (QED) is 0.284.